The molecule has 1 fully saturated rings. The van der Waals surface area contributed by atoms with E-state index in [0.29, 0.717) is 18.4 Å². The van der Waals surface area contributed by atoms with Gasteiger partial charge < -0.3 is 19.7 Å². The van der Waals surface area contributed by atoms with Crippen LogP contribution < -0.4 is 19.7 Å². The summed E-state index contributed by atoms with van der Waals surface area (Å²) in [5.41, 5.74) is 3.96. The average molecular weight is 467 g/mol. The fraction of sp³-hybridized carbons (Fsp3) is 0.519. The van der Waals surface area contributed by atoms with Gasteiger partial charge in [0.2, 0.25) is 12.7 Å². The lowest BCUT2D eigenvalue weighted by atomic mass is 9.84. The Kier molecular flexibility index (Phi) is 5.94. The molecule has 1 unspecified atom stereocenters. The zero-order valence-electron chi connectivity index (χ0n) is 20.2. The van der Waals surface area contributed by atoms with Crippen molar-refractivity contribution >= 4 is 17.3 Å². The molecular weight excluding hydrogens is 432 g/mol. The van der Waals surface area contributed by atoms with Gasteiger partial charge in [0.15, 0.2) is 11.5 Å². The van der Waals surface area contributed by atoms with E-state index in [2.05, 4.69) is 48.0 Å². The molecule has 2 heterocycles. The number of hydrogen-bond acceptors (Lipinski definition) is 6. The molecule has 0 radical (unpaired) electrons. The van der Waals surface area contributed by atoms with E-state index in [1.54, 1.807) is 0 Å². The van der Waals surface area contributed by atoms with Crippen molar-refractivity contribution in [1.29, 1.82) is 0 Å². The van der Waals surface area contributed by atoms with Crippen LogP contribution in [0.4, 0.5) is 11.4 Å². The summed E-state index contributed by atoms with van der Waals surface area (Å²) < 4.78 is 10.9. The lowest BCUT2D eigenvalue weighted by molar-refractivity contribution is -0.242. The van der Waals surface area contributed by atoms with Gasteiger partial charge in [0.05, 0.1) is 12.0 Å². The first-order valence-electron chi connectivity index (χ1n) is 12.2. The van der Waals surface area contributed by atoms with Gasteiger partial charge >= 0.3 is 0 Å². The van der Waals surface area contributed by atoms with Gasteiger partial charge in [-0.05, 0) is 79.0 Å². The van der Waals surface area contributed by atoms with E-state index in [-0.39, 0.29) is 18.1 Å². The van der Waals surface area contributed by atoms with Gasteiger partial charge in [-0.25, -0.2) is 4.89 Å². The Balaban J connectivity index is 1.32. The van der Waals surface area contributed by atoms with Crippen LogP contribution in [0, 0.1) is 5.41 Å². The topological polar surface area (TPSA) is 80.3 Å². The van der Waals surface area contributed by atoms with Crippen molar-refractivity contribution in [1.82, 2.24) is 0 Å². The molecule has 7 heteroatoms. The van der Waals surface area contributed by atoms with Crippen LogP contribution in [-0.2, 0) is 21.5 Å². The first kappa shape index (κ1) is 23.0. The lowest BCUT2D eigenvalue weighted by Gasteiger charge is -2.37. The van der Waals surface area contributed by atoms with Crippen molar-refractivity contribution in [3.8, 4) is 11.5 Å². The van der Waals surface area contributed by atoms with Crippen LogP contribution in [0.15, 0.2) is 36.4 Å². The molecule has 3 aliphatic rings. The quantitative estimate of drug-likeness (QED) is 0.319. The number of carbonyl (C=O) groups excluding carboxylic acids is 1. The number of benzene rings is 2. The molecule has 0 bridgehead atoms. The summed E-state index contributed by atoms with van der Waals surface area (Å²) in [6, 6.07) is 12.5. The molecule has 5 rings (SSSR count). The zero-order valence-corrected chi connectivity index (χ0v) is 20.2. The molecule has 2 aliphatic heterocycles. The van der Waals surface area contributed by atoms with E-state index >= 15 is 0 Å². The molecule has 1 saturated carbocycles. The molecule has 1 atom stereocenters. The van der Waals surface area contributed by atoms with E-state index in [1.165, 1.54) is 11.3 Å². The smallest absolute Gasteiger partial charge is 0.235 e. The molecule has 0 spiro atoms. The zero-order chi connectivity index (χ0) is 23.9. The number of anilines is 2. The van der Waals surface area contributed by atoms with Crippen molar-refractivity contribution in [2.45, 2.75) is 64.3 Å². The largest absolute Gasteiger partial charge is 0.454 e. The van der Waals surface area contributed by atoms with Gasteiger partial charge in [-0.3, -0.25) is 10.1 Å². The third kappa shape index (κ3) is 4.23. The Hall–Kier alpha value is -2.77. The second kappa shape index (κ2) is 8.78. The average Bonchev–Trinajstić information content (AvgIpc) is 3.34. The van der Waals surface area contributed by atoms with Crippen LogP contribution in [0.2, 0.25) is 0 Å². The molecule has 7 nitrogen and oxygen atoms in total. The van der Waals surface area contributed by atoms with E-state index in [1.807, 2.05) is 24.3 Å². The van der Waals surface area contributed by atoms with E-state index in [4.69, 9.17) is 14.7 Å². The van der Waals surface area contributed by atoms with Gasteiger partial charge in [-0.15, -0.1) is 0 Å². The van der Waals surface area contributed by atoms with Crippen molar-refractivity contribution in [3.05, 3.63) is 47.5 Å². The Morgan fingerprint density at radius 1 is 1.15 bits per heavy atom. The Morgan fingerprint density at radius 3 is 2.68 bits per heavy atom. The molecule has 0 saturated heterocycles. The molecule has 1 amide bonds. The van der Waals surface area contributed by atoms with Crippen LogP contribution in [-0.4, -0.2) is 37.2 Å². The molecule has 34 heavy (non-hydrogen) atoms. The highest BCUT2D eigenvalue weighted by Gasteiger charge is 2.51. The number of hydrogen-bond donors (Lipinski definition) is 2. The summed E-state index contributed by atoms with van der Waals surface area (Å²) in [7, 11) is 0. The van der Waals surface area contributed by atoms with E-state index in [9.17, 15) is 4.79 Å². The summed E-state index contributed by atoms with van der Waals surface area (Å²) in [6.45, 7) is 8.33. The van der Waals surface area contributed by atoms with Gasteiger partial charge in [0.1, 0.15) is 0 Å². The minimum absolute atomic E-state index is 0.0394. The van der Waals surface area contributed by atoms with Crippen LogP contribution in [0.3, 0.4) is 0 Å². The highest BCUT2D eigenvalue weighted by Crippen LogP contribution is 2.51. The van der Waals surface area contributed by atoms with Crippen LogP contribution in [0.1, 0.15) is 57.6 Å². The summed E-state index contributed by atoms with van der Waals surface area (Å²) >= 11 is 0. The first-order valence-corrected chi connectivity index (χ1v) is 12.2. The predicted molar refractivity (Wildman–Crippen MR) is 131 cm³/mol. The predicted octanol–water partition coefficient (Wildman–Crippen LogP) is 5.13. The fourth-order valence-corrected chi connectivity index (χ4v) is 5.31. The molecule has 0 aromatic heterocycles. The molecular formula is C27H34N2O5. The lowest BCUT2D eigenvalue weighted by Crippen LogP contribution is -2.42. The van der Waals surface area contributed by atoms with Gasteiger partial charge in [-0.2, -0.15) is 0 Å². The standard InChI is InChI=1S/C27H34N2O5/c1-26(2,3)24-15-18-14-20(7-8-21(18)29(24)12-4-5-13-34-31)28-25(30)27(10-11-27)19-6-9-22-23(16-19)33-17-32-22/h6-9,14,16,24,31H,4-5,10-13,15,17H2,1-3H3,(H,28,30). The maximum Gasteiger partial charge on any atom is 0.235 e. The van der Waals surface area contributed by atoms with E-state index < -0.39 is 5.41 Å². The SMILES string of the molecule is CC(C)(C)C1Cc2cc(NC(=O)C3(c4ccc5c(c4)OCO5)CC3)ccc2N1CCCCOO. The summed E-state index contributed by atoms with van der Waals surface area (Å²) in [6.07, 6.45) is 4.38. The summed E-state index contributed by atoms with van der Waals surface area (Å²) in [5.74, 6) is 1.49. The van der Waals surface area contributed by atoms with Crippen LogP contribution in [0.5, 0.6) is 11.5 Å². The molecule has 2 aromatic rings. The maximum atomic E-state index is 13.4. The Morgan fingerprint density at radius 2 is 1.94 bits per heavy atom. The third-order valence-electron chi connectivity index (χ3n) is 7.43. The van der Waals surface area contributed by atoms with Crippen molar-refractivity contribution in [3.63, 3.8) is 0 Å². The first-order chi connectivity index (χ1) is 16.3. The number of carbonyl (C=O) groups is 1. The number of ether oxygens (including phenoxy) is 2. The second-order valence-electron chi connectivity index (χ2n) is 10.8. The summed E-state index contributed by atoms with van der Waals surface area (Å²) in [4.78, 5) is 20.1. The number of nitrogens with one attached hydrogen (secondary N) is 1. The molecule has 2 N–H and O–H groups in total. The number of rotatable bonds is 8. The normalized spacial score (nSPS) is 19.8. The van der Waals surface area contributed by atoms with Crippen LogP contribution in [0.25, 0.3) is 0 Å². The van der Waals surface area contributed by atoms with Gasteiger partial charge in [-0.1, -0.05) is 26.8 Å². The van der Waals surface area contributed by atoms with E-state index in [0.717, 1.165) is 55.6 Å². The summed E-state index contributed by atoms with van der Waals surface area (Å²) in [5, 5.41) is 11.8. The van der Waals surface area contributed by atoms with Crippen molar-refractivity contribution < 1.29 is 24.4 Å². The third-order valence-corrected chi connectivity index (χ3v) is 7.43. The number of nitrogens with zero attached hydrogens (tertiary/aromatic N) is 1. The van der Waals surface area contributed by atoms with Gasteiger partial charge in [0.25, 0.3) is 0 Å². The van der Waals surface area contributed by atoms with Crippen molar-refractivity contribution in [2.75, 3.05) is 30.2 Å². The molecule has 182 valence electrons. The Labute approximate surface area is 200 Å². The molecule has 1 aliphatic carbocycles. The highest BCUT2D eigenvalue weighted by atomic mass is 17.1. The maximum absolute atomic E-state index is 13.4. The number of amides is 1. The highest BCUT2D eigenvalue weighted by molar-refractivity contribution is 6.01. The van der Waals surface area contributed by atoms with Gasteiger partial charge in [0, 0.05) is 24.0 Å². The molecule has 2 aromatic carbocycles. The monoisotopic (exact) mass is 466 g/mol. The second-order valence-corrected chi connectivity index (χ2v) is 10.8. The number of fused-ring (bicyclic) bond motifs is 2. The van der Waals surface area contributed by atoms with Crippen LogP contribution >= 0.6 is 0 Å². The minimum Gasteiger partial charge on any atom is -0.454 e. The minimum atomic E-state index is -0.491. The Bertz CT molecular complexity index is 1070. The fourth-order valence-electron chi connectivity index (χ4n) is 5.31. The number of unbranched alkanes of at least 4 members (excludes halogenated alkanes) is 1. The van der Waals surface area contributed by atoms with Crippen molar-refractivity contribution in [2.24, 2.45) is 5.41 Å².